The predicted molar refractivity (Wildman–Crippen MR) is 94.9 cm³/mol. The highest BCUT2D eigenvalue weighted by Gasteiger charge is 2.25. The number of nitrogens with one attached hydrogen (secondary N) is 1. The fraction of sp³-hybridized carbons (Fsp3) is 0.529. The van der Waals surface area contributed by atoms with Crippen molar-refractivity contribution in [3.63, 3.8) is 0 Å². The molecule has 1 fully saturated rings. The number of hydrogen-bond acceptors (Lipinski definition) is 6. The van der Waals surface area contributed by atoms with Crippen molar-refractivity contribution in [1.29, 1.82) is 0 Å². The van der Waals surface area contributed by atoms with E-state index in [-0.39, 0.29) is 18.4 Å². The van der Waals surface area contributed by atoms with Gasteiger partial charge >= 0.3 is 0 Å². The Morgan fingerprint density at radius 1 is 1.46 bits per heavy atom. The highest BCUT2D eigenvalue weighted by Crippen LogP contribution is 2.24. The molecule has 6 nitrogen and oxygen atoms in total. The maximum Gasteiger partial charge on any atom is 0.227 e. The summed E-state index contributed by atoms with van der Waals surface area (Å²) in [7, 11) is 3.78. The fourth-order valence-electron chi connectivity index (χ4n) is 2.91. The van der Waals surface area contributed by atoms with Crippen molar-refractivity contribution in [2.45, 2.75) is 25.3 Å². The maximum absolute atomic E-state index is 5.47. The van der Waals surface area contributed by atoms with Gasteiger partial charge in [-0.25, -0.2) is 0 Å². The minimum atomic E-state index is 0. The monoisotopic (exact) mass is 352 g/mol. The van der Waals surface area contributed by atoms with Crippen LogP contribution in [0.3, 0.4) is 0 Å². The molecular weight excluding hydrogens is 328 g/mol. The third kappa shape index (κ3) is 4.26. The maximum atomic E-state index is 5.47. The fourth-order valence-corrected chi connectivity index (χ4v) is 2.91. The lowest BCUT2D eigenvalue weighted by atomic mass is 9.97. The second-order valence-corrected chi connectivity index (χ2v) is 6.13. The molecule has 1 aliphatic heterocycles. The van der Waals surface area contributed by atoms with E-state index < -0.39 is 0 Å². The molecule has 0 spiro atoms. The van der Waals surface area contributed by atoms with E-state index in [1.165, 1.54) is 5.56 Å². The number of benzene rings is 1. The normalized spacial score (nSPS) is 19.5. The Morgan fingerprint density at radius 2 is 2.29 bits per heavy atom. The molecule has 2 aromatic rings. The van der Waals surface area contributed by atoms with Crippen LogP contribution in [0.25, 0.3) is 0 Å². The molecule has 1 saturated heterocycles. The van der Waals surface area contributed by atoms with Crippen LogP contribution in [-0.4, -0.2) is 48.8 Å². The van der Waals surface area contributed by atoms with Crippen LogP contribution in [0, 0.1) is 0 Å². The first-order chi connectivity index (χ1) is 11.2. The van der Waals surface area contributed by atoms with Crippen molar-refractivity contribution in [2.24, 2.45) is 0 Å². The number of rotatable bonds is 5. The van der Waals surface area contributed by atoms with E-state index in [0.29, 0.717) is 11.8 Å². The molecule has 2 heterocycles. The van der Waals surface area contributed by atoms with E-state index in [2.05, 4.69) is 46.5 Å². The lowest BCUT2D eigenvalue weighted by Gasteiger charge is -2.30. The summed E-state index contributed by atoms with van der Waals surface area (Å²) in [5, 5.41) is 7.55. The second kappa shape index (κ2) is 8.46. The Labute approximate surface area is 149 Å². The summed E-state index contributed by atoms with van der Waals surface area (Å²) < 4.78 is 10.8. The topological polar surface area (TPSA) is 63.4 Å². The lowest BCUT2D eigenvalue weighted by Crippen LogP contribution is -2.44. The molecule has 7 heteroatoms. The Kier molecular flexibility index (Phi) is 6.60. The molecular formula is C17H25ClN4O2. The minimum Gasteiger partial charge on any atom is -0.497 e. The van der Waals surface area contributed by atoms with Gasteiger partial charge in [-0.15, -0.1) is 12.4 Å². The standard InChI is InChI=1S/C17H24N4O2.ClH/c1-12(13-5-4-6-14(10-13)22-3)9-16-19-17(20-23-16)15-11-18-7-8-21(15)2;/h4-6,10,12,15,18H,7-9,11H2,1-3H3;1H. The van der Waals surface area contributed by atoms with Gasteiger partial charge in [0.05, 0.1) is 13.2 Å². The quantitative estimate of drug-likeness (QED) is 0.891. The van der Waals surface area contributed by atoms with Crippen LogP contribution >= 0.6 is 12.4 Å². The number of ether oxygens (including phenoxy) is 1. The lowest BCUT2D eigenvalue weighted by molar-refractivity contribution is 0.190. The van der Waals surface area contributed by atoms with Crippen LogP contribution in [0.1, 0.15) is 36.2 Å². The minimum absolute atomic E-state index is 0. The molecule has 1 aromatic heterocycles. The molecule has 0 aliphatic carbocycles. The molecule has 1 aliphatic rings. The van der Waals surface area contributed by atoms with E-state index in [1.54, 1.807) is 7.11 Å². The van der Waals surface area contributed by atoms with Crippen LogP contribution in [-0.2, 0) is 6.42 Å². The van der Waals surface area contributed by atoms with E-state index in [1.807, 2.05) is 12.1 Å². The Hall–Kier alpha value is -1.63. The van der Waals surface area contributed by atoms with Gasteiger partial charge in [-0.05, 0) is 30.7 Å². The summed E-state index contributed by atoms with van der Waals surface area (Å²) in [6.07, 6.45) is 0.726. The zero-order chi connectivity index (χ0) is 16.2. The third-order valence-corrected chi connectivity index (χ3v) is 4.44. The van der Waals surface area contributed by atoms with Gasteiger partial charge in [0.1, 0.15) is 5.75 Å². The number of methoxy groups -OCH3 is 1. The van der Waals surface area contributed by atoms with Gasteiger partial charge in [0.2, 0.25) is 5.89 Å². The highest BCUT2D eigenvalue weighted by molar-refractivity contribution is 5.85. The first-order valence-corrected chi connectivity index (χ1v) is 8.04. The van der Waals surface area contributed by atoms with Crippen molar-refractivity contribution in [3.8, 4) is 5.75 Å². The zero-order valence-corrected chi connectivity index (χ0v) is 15.2. The first-order valence-electron chi connectivity index (χ1n) is 8.04. The summed E-state index contributed by atoms with van der Waals surface area (Å²) in [4.78, 5) is 6.86. The van der Waals surface area contributed by atoms with Crippen LogP contribution in [0.2, 0.25) is 0 Å². The van der Waals surface area contributed by atoms with Gasteiger partial charge in [-0.1, -0.05) is 24.2 Å². The Bertz CT molecular complexity index is 649. The second-order valence-electron chi connectivity index (χ2n) is 6.13. The van der Waals surface area contributed by atoms with E-state index in [4.69, 9.17) is 9.26 Å². The largest absolute Gasteiger partial charge is 0.497 e. The first kappa shape index (κ1) is 18.7. The van der Waals surface area contributed by atoms with Crippen molar-refractivity contribution in [1.82, 2.24) is 20.4 Å². The van der Waals surface area contributed by atoms with Crippen LogP contribution in [0.15, 0.2) is 28.8 Å². The van der Waals surface area contributed by atoms with Crippen LogP contribution in [0.4, 0.5) is 0 Å². The molecule has 132 valence electrons. The predicted octanol–water partition coefficient (Wildman–Crippen LogP) is 2.42. The molecule has 0 saturated carbocycles. The summed E-state index contributed by atoms with van der Waals surface area (Å²) in [5.41, 5.74) is 1.21. The smallest absolute Gasteiger partial charge is 0.227 e. The van der Waals surface area contributed by atoms with E-state index in [9.17, 15) is 0 Å². The van der Waals surface area contributed by atoms with Crippen LogP contribution in [0.5, 0.6) is 5.75 Å². The molecule has 0 bridgehead atoms. The summed E-state index contributed by atoms with van der Waals surface area (Å²) in [5.74, 6) is 2.62. The number of aromatic nitrogens is 2. The number of nitrogens with zero attached hydrogens (tertiary/aromatic N) is 3. The van der Waals surface area contributed by atoms with Crippen molar-refractivity contribution in [2.75, 3.05) is 33.8 Å². The average molecular weight is 353 g/mol. The molecule has 24 heavy (non-hydrogen) atoms. The van der Waals surface area contributed by atoms with Crippen LogP contribution < -0.4 is 10.1 Å². The van der Waals surface area contributed by atoms with Gasteiger partial charge in [0.15, 0.2) is 5.82 Å². The molecule has 1 aromatic carbocycles. The molecule has 2 unspecified atom stereocenters. The van der Waals surface area contributed by atoms with Gasteiger partial charge in [-0.3, -0.25) is 4.90 Å². The summed E-state index contributed by atoms with van der Waals surface area (Å²) in [6, 6.07) is 8.30. The number of halogens is 1. The van der Waals surface area contributed by atoms with Crippen molar-refractivity contribution in [3.05, 3.63) is 41.5 Å². The van der Waals surface area contributed by atoms with Gasteiger partial charge in [0.25, 0.3) is 0 Å². The zero-order valence-electron chi connectivity index (χ0n) is 14.4. The Balaban J connectivity index is 0.00000208. The number of piperazine rings is 1. The average Bonchev–Trinajstić information content (AvgIpc) is 3.03. The summed E-state index contributed by atoms with van der Waals surface area (Å²) >= 11 is 0. The van der Waals surface area contributed by atoms with E-state index in [0.717, 1.165) is 37.6 Å². The van der Waals surface area contributed by atoms with Crippen molar-refractivity contribution < 1.29 is 9.26 Å². The molecule has 0 amide bonds. The summed E-state index contributed by atoms with van der Waals surface area (Å²) in [6.45, 7) is 5.02. The molecule has 1 N–H and O–H groups in total. The molecule has 3 rings (SSSR count). The van der Waals surface area contributed by atoms with Gasteiger partial charge in [-0.2, -0.15) is 4.98 Å². The third-order valence-electron chi connectivity index (χ3n) is 4.44. The molecule has 2 atom stereocenters. The van der Waals surface area contributed by atoms with Gasteiger partial charge in [0, 0.05) is 26.1 Å². The van der Waals surface area contributed by atoms with Gasteiger partial charge < -0.3 is 14.6 Å². The van der Waals surface area contributed by atoms with E-state index >= 15 is 0 Å². The molecule has 0 radical (unpaired) electrons. The SMILES string of the molecule is COc1cccc(C(C)Cc2nc(C3CNCCN3C)no2)c1.Cl. The number of likely N-dealkylation sites (N-methyl/N-ethyl adjacent to an activating group) is 1. The number of hydrogen-bond donors (Lipinski definition) is 1. The van der Waals surface area contributed by atoms with Crippen molar-refractivity contribution >= 4 is 12.4 Å². The highest BCUT2D eigenvalue weighted by atomic mass is 35.5. The Morgan fingerprint density at radius 3 is 3.04 bits per heavy atom.